The summed E-state index contributed by atoms with van der Waals surface area (Å²) in [6.07, 6.45) is 0.328. The molecule has 0 saturated carbocycles. The number of hydrogen-bond donors (Lipinski definition) is 0. The Labute approximate surface area is 112 Å². The van der Waals surface area contributed by atoms with E-state index in [4.69, 9.17) is 11.6 Å². The van der Waals surface area contributed by atoms with Crippen molar-refractivity contribution in [3.05, 3.63) is 62.9 Å². The molecular weight excluding hydrogens is 273 g/mol. The smallest absolute Gasteiger partial charge is 0.287 e. The van der Waals surface area contributed by atoms with Gasteiger partial charge in [-0.05, 0) is 18.2 Å². The molecule has 0 saturated heterocycles. The van der Waals surface area contributed by atoms with Gasteiger partial charge < -0.3 is 0 Å². The van der Waals surface area contributed by atoms with Crippen LogP contribution in [-0.4, -0.2) is 11.2 Å². The van der Waals surface area contributed by atoms with E-state index in [2.05, 4.69) is 0 Å². The van der Waals surface area contributed by atoms with Crippen molar-refractivity contribution >= 4 is 23.6 Å². The molecule has 96 valence electrons. The van der Waals surface area contributed by atoms with Crippen LogP contribution in [0.2, 0.25) is 5.02 Å². The molecule has 19 heavy (non-hydrogen) atoms. The summed E-state index contributed by atoms with van der Waals surface area (Å²) in [5, 5.41) is 11.2. The summed E-state index contributed by atoms with van der Waals surface area (Å²) >= 11 is 5.80. The Morgan fingerprint density at radius 3 is 2.47 bits per heavy atom. The van der Waals surface area contributed by atoms with E-state index in [1.165, 1.54) is 30.3 Å². The van der Waals surface area contributed by atoms with E-state index in [1.807, 2.05) is 0 Å². The zero-order valence-corrected chi connectivity index (χ0v) is 10.2. The topological polar surface area (TPSA) is 60.2 Å². The SMILES string of the molecule is O=Cc1cc(Cl)cc(-c2ccccc2F)c1[N+](=O)[O-]. The molecule has 0 amide bonds. The van der Waals surface area contributed by atoms with Gasteiger partial charge in [-0.15, -0.1) is 0 Å². The number of nitro benzene ring substituents is 1. The Morgan fingerprint density at radius 2 is 1.89 bits per heavy atom. The summed E-state index contributed by atoms with van der Waals surface area (Å²) in [5.74, 6) is -0.621. The van der Waals surface area contributed by atoms with Crippen LogP contribution in [0.3, 0.4) is 0 Å². The Balaban J connectivity index is 2.83. The number of aldehydes is 1. The van der Waals surface area contributed by atoms with Crippen molar-refractivity contribution in [2.75, 3.05) is 0 Å². The number of benzene rings is 2. The first-order valence-corrected chi connectivity index (χ1v) is 5.60. The van der Waals surface area contributed by atoms with E-state index in [-0.39, 0.29) is 21.7 Å². The lowest BCUT2D eigenvalue weighted by atomic mass is 10.00. The zero-order chi connectivity index (χ0) is 14.0. The second-order valence-corrected chi connectivity index (χ2v) is 4.18. The fourth-order valence-electron chi connectivity index (χ4n) is 1.80. The molecule has 2 rings (SSSR count). The summed E-state index contributed by atoms with van der Waals surface area (Å²) < 4.78 is 13.7. The van der Waals surface area contributed by atoms with Crippen LogP contribution in [0.1, 0.15) is 10.4 Å². The molecule has 0 fully saturated rings. The number of hydrogen-bond acceptors (Lipinski definition) is 3. The number of carbonyl (C=O) groups excluding carboxylic acids is 1. The summed E-state index contributed by atoms with van der Waals surface area (Å²) in [6, 6.07) is 8.03. The van der Waals surface area contributed by atoms with Gasteiger partial charge in [-0.1, -0.05) is 29.8 Å². The average Bonchev–Trinajstić information content (AvgIpc) is 2.37. The molecule has 0 atom stereocenters. The highest BCUT2D eigenvalue weighted by Crippen LogP contribution is 2.36. The highest BCUT2D eigenvalue weighted by atomic mass is 35.5. The van der Waals surface area contributed by atoms with Crippen LogP contribution in [-0.2, 0) is 0 Å². The van der Waals surface area contributed by atoms with Crippen molar-refractivity contribution in [1.29, 1.82) is 0 Å². The fraction of sp³-hybridized carbons (Fsp3) is 0. The third kappa shape index (κ3) is 2.46. The molecule has 4 nitrogen and oxygen atoms in total. The third-order valence-electron chi connectivity index (χ3n) is 2.58. The lowest BCUT2D eigenvalue weighted by molar-refractivity contribution is -0.384. The van der Waals surface area contributed by atoms with Crippen molar-refractivity contribution in [3.63, 3.8) is 0 Å². The molecule has 0 aliphatic heterocycles. The first-order chi connectivity index (χ1) is 9.04. The number of carbonyl (C=O) groups is 1. The summed E-state index contributed by atoms with van der Waals surface area (Å²) in [4.78, 5) is 21.3. The highest BCUT2D eigenvalue weighted by molar-refractivity contribution is 6.31. The van der Waals surface area contributed by atoms with Crippen LogP contribution in [0.4, 0.5) is 10.1 Å². The van der Waals surface area contributed by atoms with E-state index in [9.17, 15) is 19.3 Å². The molecule has 0 aliphatic carbocycles. The Bertz CT molecular complexity index is 673. The molecule has 0 aliphatic rings. The van der Waals surface area contributed by atoms with Gasteiger partial charge in [-0.2, -0.15) is 0 Å². The molecular formula is C13H7ClFNO3. The molecule has 2 aromatic carbocycles. The molecule has 2 aromatic rings. The number of halogens is 2. The largest absolute Gasteiger partial charge is 0.298 e. The van der Waals surface area contributed by atoms with E-state index < -0.39 is 16.4 Å². The fourth-order valence-corrected chi connectivity index (χ4v) is 2.03. The first-order valence-electron chi connectivity index (χ1n) is 5.22. The first kappa shape index (κ1) is 13.2. The summed E-state index contributed by atoms with van der Waals surface area (Å²) in [6.45, 7) is 0. The van der Waals surface area contributed by atoms with Gasteiger partial charge in [0.25, 0.3) is 5.69 Å². The number of nitro groups is 1. The monoisotopic (exact) mass is 279 g/mol. The van der Waals surface area contributed by atoms with Crippen LogP contribution < -0.4 is 0 Å². The maximum Gasteiger partial charge on any atom is 0.287 e. The van der Waals surface area contributed by atoms with Crippen molar-refractivity contribution in [3.8, 4) is 11.1 Å². The molecule has 6 heteroatoms. The number of nitrogens with zero attached hydrogens (tertiary/aromatic N) is 1. The second-order valence-electron chi connectivity index (χ2n) is 3.75. The van der Waals surface area contributed by atoms with Gasteiger partial charge in [-0.25, -0.2) is 4.39 Å². The average molecular weight is 280 g/mol. The van der Waals surface area contributed by atoms with Gasteiger partial charge in [-0.3, -0.25) is 14.9 Å². The van der Waals surface area contributed by atoms with Crippen LogP contribution >= 0.6 is 11.6 Å². The Morgan fingerprint density at radius 1 is 1.21 bits per heavy atom. The van der Waals surface area contributed by atoms with Gasteiger partial charge >= 0.3 is 0 Å². The van der Waals surface area contributed by atoms with Crippen molar-refractivity contribution in [2.24, 2.45) is 0 Å². The quantitative estimate of drug-likeness (QED) is 0.487. The predicted molar refractivity (Wildman–Crippen MR) is 68.9 cm³/mol. The Kier molecular flexibility index (Phi) is 3.57. The molecule has 0 bridgehead atoms. The van der Waals surface area contributed by atoms with Gasteiger partial charge in [0.2, 0.25) is 0 Å². The summed E-state index contributed by atoms with van der Waals surface area (Å²) in [5.41, 5.74) is -0.627. The third-order valence-corrected chi connectivity index (χ3v) is 2.80. The Hall–Kier alpha value is -2.27. The molecule has 0 radical (unpaired) electrons. The minimum Gasteiger partial charge on any atom is -0.298 e. The molecule has 0 heterocycles. The van der Waals surface area contributed by atoms with Gasteiger partial charge in [0, 0.05) is 10.6 Å². The molecule has 0 N–H and O–H groups in total. The normalized spacial score (nSPS) is 10.2. The standard InChI is InChI=1S/C13H7ClFNO3/c14-9-5-8(7-17)13(16(18)19)11(6-9)10-3-1-2-4-12(10)15/h1-7H. The zero-order valence-electron chi connectivity index (χ0n) is 9.47. The van der Waals surface area contributed by atoms with Gasteiger partial charge in [0.1, 0.15) is 5.82 Å². The van der Waals surface area contributed by atoms with Crippen molar-refractivity contribution in [1.82, 2.24) is 0 Å². The molecule has 0 spiro atoms. The predicted octanol–water partition coefficient (Wildman–Crippen LogP) is 3.87. The minimum atomic E-state index is -0.720. The highest BCUT2D eigenvalue weighted by Gasteiger charge is 2.23. The maximum absolute atomic E-state index is 13.7. The minimum absolute atomic E-state index is 0.0160. The molecule has 0 unspecified atom stereocenters. The van der Waals surface area contributed by atoms with Crippen LogP contribution in [0.5, 0.6) is 0 Å². The van der Waals surface area contributed by atoms with Crippen LogP contribution in [0, 0.1) is 15.9 Å². The summed E-state index contributed by atoms with van der Waals surface area (Å²) in [7, 11) is 0. The van der Waals surface area contributed by atoms with E-state index in [0.717, 1.165) is 0 Å². The van der Waals surface area contributed by atoms with E-state index in [1.54, 1.807) is 6.07 Å². The van der Waals surface area contributed by atoms with Gasteiger partial charge in [0.15, 0.2) is 6.29 Å². The van der Waals surface area contributed by atoms with Crippen molar-refractivity contribution < 1.29 is 14.1 Å². The van der Waals surface area contributed by atoms with E-state index in [0.29, 0.717) is 6.29 Å². The lowest BCUT2D eigenvalue weighted by Gasteiger charge is -2.07. The second kappa shape index (κ2) is 5.16. The van der Waals surface area contributed by atoms with Crippen LogP contribution in [0.15, 0.2) is 36.4 Å². The maximum atomic E-state index is 13.7. The van der Waals surface area contributed by atoms with Crippen LogP contribution in [0.25, 0.3) is 11.1 Å². The number of rotatable bonds is 3. The lowest BCUT2D eigenvalue weighted by Crippen LogP contribution is -1.99. The van der Waals surface area contributed by atoms with Crippen molar-refractivity contribution in [2.45, 2.75) is 0 Å². The molecule has 0 aromatic heterocycles. The van der Waals surface area contributed by atoms with Gasteiger partial charge in [0.05, 0.1) is 16.1 Å². The van der Waals surface area contributed by atoms with E-state index >= 15 is 0 Å².